The zero-order valence-electron chi connectivity index (χ0n) is 43.0. The summed E-state index contributed by atoms with van der Waals surface area (Å²) < 4.78 is 16.8. The van der Waals surface area contributed by atoms with Gasteiger partial charge in [0.2, 0.25) is 0 Å². The van der Waals surface area contributed by atoms with Gasteiger partial charge in [-0.2, -0.15) is 0 Å². The van der Waals surface area contributed by atoms with Crippen LogP contribution in [0.2, 0.25) is 0 Å². The van der Waals surface area contributed by atoms with Crippen molar-refractivity contribution in [3.63, 3.8) is 0 Å². The number of hydrogen-bond acceptors (Lipinski definition) is 6. The lowest BCUT2D eigenvalue weighted by molar-refractivity contribution is -0.167. The van der Waals surface area contributed by atoms with Crippen LogP contribution in [0.25, 0.3) is 0 Å². The second-order valence-electron chi connectivity index (χ2n) is 18.5. The molecule has 0 aliphatic carbocycles. The van der Waals surface area contributed by atoms with Gasteiger partial charge in [-0.25, -0.2) is 0 Å². The van der Waals surface area contributed by atoms with Crippen molar-refractivity contribution in [3.05, 3.63) is 60.8 Å². The van der Waals surface area contributed by atoms with Crippen LogP contribution < -0.4 is 0 Å². The quantitative estimate of drug-likeness (QED) is 0.0262. The molecule has 376 valence electrons. The van der Waals surface area contributed by atoms with E-state index in [1.165, 1.54) is 141 Å². The minimum Gasteiger partial charge on any atom is -0.462 e. The van der Waals surface area contributed by atoms with Gasteiger partial charge in [-0.1, -0.05) is 236 Å². The zero-order valence-corrected chi connectivity index (χ0v) is 43.0. The summed E-state index contributed by atoms with van der Waals surface area (Å²) >= 11 is 0. The smallest absolute Gasteiger partial charge is 0.306 e. The molecule has 1 atom stereocenters. The standard InChI is InChI=1S/C59H104O6/c1-4-7-10-13-16-19-22-25-28-29-30-32-34-37-40-43-46-49-52-58(61)64-55-56(54-63-57(60)51-48-45-42-39-36-33-27-24-21-18-15-12-9-6-3)65-59(62)53-50-47-44-41-38-35-31-26-23-20-17-14-11-8-5-2/h15,17-18,20,24,26-27,31,38,41,56H,4-14,16,19,21-23,25,28-30,32-37,39-40,42-55H2,1-3H3/b18-15-,20-17-,27-24-,31-26-,41-38-/t56-/m1/s1. The third kappa shape index (κ3) is 51.9. The Hall–Kier alpha value is -2.89. The lowest BCUT2D eigenvalue weighted by atomic mass is 10.0. The zero-order chi connectivity index (χ0) is 47.2. The predicted octanol–water partition coefficient (Wildman–Crippen LogP) is 18.4. The van der Waals surface area contributed by atoms with Gasteiger partial charge in [-0.15, -0.1) is 0 Å². The first kappa shape index (κ1) is 62.1. The first-order valence-corrected chi connectivity index (χ1v) is 27.8. The Kier molecular flexibility index (Phi) is 51.3. The molecule has 0 aliphatic rings. The molecule has 0 rings (SSSR count). The molecule has 0 unspecified atom stereocenters. The molecule has 0 aliphatic heterocycles. The maximum atomic E-state index is 12.8. The van der Waals surface area contributed by atoms with Crippen molar-refractivity contribution in [1.82, 2.24) is 0 Å². The number of ether oxygens (including phenoxy) is 3. The lowest BCUT2D eigenvalue weighted by Gasteiger charge is -2.18. The van der Waals surface area contributed by atoms with Gasteiger partial charge in [0, 0.05) is 19.3 Å². The van der Waals surface area contributed by atoms with Crippen LogP contribution >= 0.6 is 0 Å². The Morgan fingerprint density at radius 2 is 0.569 bits per heavy atom. The van der Waals surface area contributed by atoms with Crippen LogP contribution in [0.4, 0.5) is 0 Å². The van der Waals surface area contributed by atoms with Crippen LogP contribution in [0, 0.1) is 0 Å². The molecular formula is C59H104O6. The van der Waals surface area contributed by atoms with Crippen molar-refractivity contribution < 1.29 is 28.6 Å². The second kappa shape index (κ2) is 53.7. The molecule has 6 heteroatoms. The topological polar surface area (TPSA) is 78.9 Å². The van der Waals surface area contributed by atoms with Crippen molar-refractivity contribution in [2.75, 3.05) is 13.2 Å². The first-order chi connectivity index (χ1) is 32.0. The Bertz CT molecular complexity index is 1180. The van der Waals surface area contributed by atoms with Crippen LogP contribution in [0.15, 0.2) is 60.8 Å². The summed E-state index contributed by atoms with van der Waals surface area (Å²) in [5.74, 6) is -0.936. The van der Waals surface area contributed by atoms with E-state index in [1.807, 2.05) is 0 Å². The number of carbonyl (C=O) groups is 3. The fourth-order valence-corrected chi connectivity index (χ4v) is 7.76. The number of esters is 3. The number of unbranched alkanes of at least 4 members (excludes halogenated alkanes) is 29. The molecule has 0 aromatic rings. The molecule has 0 radical (unpaired) electrons. The number of rotatable bonds is 50. The molecule has 0 spiro atoms. The van der Waals surface area contributed by atoms with Crippen molar-refractivity contribution in [3.8, 4) is 0 Å². The van der Waals surface area contributed by atoms with E-state index in [-0.39, 0.29) is 37.5 Å². The van der Waals surface area contributed by atoms with Gasteiger partial charge in [0.15, 0.2) is 6.10 Å². The highest BCUT2D eigenvalue weighted by molar-refractivity contribution is 5.71. The summed E-state index contributed by atoms with van der Waals surface area (Å²) in [4.78, 5) is 38.1. The van der Waals surface area contributed by atoms with E-state index in [0.717, 1.165) is 89.9 Å². The molecule has 0 N–H and O–H groups in total. The van der Waals surface area contributed by atoms with Crippen molar-refractivity contribution in [2.24, 2.45) is 0 Å². The SMILES string of the molecule is CCCC/C=C\C/C=C\CCCCCCCC(=O)OC[C@H](COC(=O)CCCCCCCCCCCCCCCCCCCC)OC(=O)CCCC/C=C\C/C=C\C/C=C\CCCCC. The largest absolute Gasteiger partial charge is 0.462 e. The fraction of sp³-hybridized carbons (Fsp3) is 0.780. The Morgan fingerprint density at radius 1 is 0.308 bits per heavy atom. The Balaban J connectivity index is 4.41. The molecule has 0 saturated heterocycles. The molecule has 0 saturated carbocycles. The molecule has 6 nitrogen and oxygen atoms in total. The van der Waals surface area contributed by atoms with Crippen molar-refractivity contribution >= 4 is 17.9 Å². The first-order valence-electron chi connectivity index (χ1n) is 27.8. The van der Waals surface area contributed by atoms with Crippen LogP contribution in [0.3, 0.4) is 0 Å². The molecule has 0 bridgehead atoms. The summed E-state index contributed by atoms with van der Waals surface area (Å²) in [7, 11) is 0. The van der Waals surface area contributed by atoms with Crippen LogP contribution in [0.5, 0.6) is 0 Å². The average molecular weight is 909 g/mol. The van der Waals surface area contributed by atoms with E-state index in [4.69, 9.17) is 14.2 Å². The normalized spacial score (nSPS) is 12.5. The van der Waals surface area contributed by atoms with E-state index in [9.17, 15) is 14.4 Å². The molecule has 0 heterocycles. The van der Waals surface area contributed by atoms with Gasteiger partial charge in [0.25, 0.3) is 0 Å². The molecule has 65 heavy (non-hydrogen) atoms. The van der Waals surface area contributed by atoms with Crippen molar-refractivity contribution in [1.29, 1.82) is 0 Å². The van der Waals surface area contributed by atoms with Crippen molar-refractivity contribution in [2.45, 2.75) is 284 Å². The summed E-state index contributed by atoms with van der Waals surface area (Å²) in [5.41, 5.74) is 0. The molecule has 0 fully saturated rings. The van der Waals surface area contributed by atoms with Gasteiger partial charge < -0.3 is 14.2 Å². The molecule has 0 aromatic heterocycles. The summed E-state index contributed by atoms with van der Waals surface area (Å²) in [6, 6.07) is 0. The van der Waals surface area contributed by atoms with Gasteiger partial charge in [0.05, 0.1) is 0 Å². The Morgan fingerprint density at radius 3 is 0.969 bits per heavy atom. The van der Waals surface area contributed by atoms with E-state index >= 15 is 0 Å². The summed E-state index contributed by atoms with van der Waals surface area (Å²) in [5, 5.41) is 0. The number of carbonyl (C=O) groups excluding carboxylic acids is 3. The Labute approximate surface area is 402 Å². The fourth-order valence-electron chi connectivity index (χ4n) is 7.76. The van der Waals surface area contributed by atoms with Gasteiger partial charge in [-0.05, 0) is 83.5 Å². The van der Waals surface area contributed by atoms with Gasteiger partial charge >= 0.3 is 17.9 Å². The molecule has 0 aromatic carbocycles. The monoisotopic (exact) mass is 909 g/mol. The molecular weight excluding hydrogens is 805 g/mol. The maximum Gasteiger partial charge on any atom is 0.306 e. The van der Waals surface area contributed by atoms with Crippen LogP contribution in [-0.2, 0) is 28.6 Å². The van der Waals surface area contributed by atoms with E-state index in [0.29, 0.717) is 19.3 Å². The molecule has 0 amide bonds. The summed E-state index contributed by atoms with van der Waals surface area (Å²) in [6.07, 6.45) is 66.4. The predicted molar refractivity (Wildman–Crippen MR) is 279 cm³/mol. The van der Waals surface area contributed by atoms with E-state index in [2.05, 4.69) is 81.5 Å². The van der Waals surface area contributed by atoms with E-state index < -0.39 is 6.10 Å². The van der Waals surface area contributed by atoms with Crippen LogP contribution in [0.1, 0.15) is 278 Å². The van der Waals surface area contributed by atoms with Gasteiger partial charge in [-0.3, -0.25) is 14.4 Å². The second-order valence-corrected chi connectivity index (χ2v) is 18.5. The summed E-state index contributed by atoms with van der Waals surface area (Å²) in [6.45, 7) is 6.55. The van der Waals surface area contributed by atoms with Crippen LogP contribution in [-0.4, -0.2) is 37.2 Å². The minimum absolute atomic E-state index is 0.0919. The minimum atomic E-state index is -0.798. The third-order valence-electron chi connectivity index (χ3n) is 12.0. The average Bonchev–Trinajstić information content (AvgIpc) is 3.30. The highest BCUT2D eigenvalue weighted by Crippen LogP contribution is 2.16. The third-order valence-corrected chi connectivity index (χ3v) is 12.0. The lowest BCUT2D eigenvalue weighted by Crippen LogP contribution is -2.30. The van der Waals surface area contributed by atoms with Gasteiger partial charge in [0.1, 0.15) is 13.2 Å². The number of allylic oxidation sites excluding steroid dienone is 10. The number of hydrogen-bond donors (Lipinski definition) is 0. The maximum absolute atomic E-state index is 12.8. The highest BCUT2D eigenvalue weighted by Gasteiger charge is 2.19. The highest BCUT2D eigenvalue weighted by atomic mass is 16.6. The van der Waals surface area contributed by atoms with E-state index in [1.54, 1.807) is 0 Å².